The number of carbonyl (C=O) groups is 2. The normalized spacial score (nSPS) is 15.1. The summed E-state index contributed by atoms with van der Waals surface area (Å²) in [6.45, 7) is 1.32. The van der Waals surface area contributed by atoms with Crippen molar-refractivity contribution in [1.29, 1.82) is 0 Å². The Balaban J connectivity index is 1.89. The molecule has 0 aromatic heterocycles. The Hall–Kier alpha value is -2.44. The van der Waals surface area contributed by atoms with Gasteiger partial charge < -0.3 is 9.47 Å². The molecule has 0 bridgehead atoms. The topological polar surface area (TPSA) is 65.0 Å². The van der Waals surface area contributed by atoms with Crippen molar-refractivity contribution in [3.8, 4) is 5.75 Å². The van der Waals surface area contributed by atoms with Gasteiger partial charge in [0.1, 0.15) is 5.75 Å². The number of nitrogens with zero attached hydrogens (tertiary/aromatic N) is 1. The molecule has 25 heavy (non-hydrogen) atoms. The van der Waals surface area contributed by atoms with Crippen LogP contribution in [0.3, 0.4) is 0 Å². The first-order valence-corrected chi connectivity index (χ1v) is 8.36. The Morgan fingerprint density at radius 3 is 2.76 bits per heavy atom. The van der Waals surface area contributed by atoms with Crippen LogP contribution in [0, 0.1) is 0 Å². The van der Waals surface area contributed by atoms with Crippen LogP contribution in [0.25, 0.3) is 6.08 Å². The molecule has 0 saturated carbocycles. The van der Waals surface area contributed by atoms with E-state index in [1.807, 2.05) is 0 Å². The zero-order chi connectivity index (χ0) is 18.0. The van der Waals surface area contributed by atoms with Crippen LogP contribution in [0.5, 0.6) is 5.75 Å². The second-order valence-electron chi connectivity index (χ2n) is 5.13. The molecule has 5 nitrogen and oxygen atoms in total. The van der Waals surface area contributed by atoms with Gasteiger partial charge in [0.15, 0.2) is 5.70 Å². The predicted molar refractivity (Wildman–Crippen MR) is 97.5 cm³/mol. The SMILES string of the molecule is CC(=O)Oc1ccc(C=C2N=C(c3cccc(Cl)c3)OC2=O)cc1Br. The summed E-state index contributed by atoms with van der Waals surface area (Å²) in [5, 5.41) is 0.527. The van der Waals surface area contributed by atoms with Crippen molar-refractivity contribution in [2.45, 2.75) is 6.92 Å². The van der Waals surface area contributed by atoms with Gasteiger partial charge >= 0.3 is 11.9 Å². The highest BCUT2D eigenvalue weighted by molar-refractivity contribution is 9.10. The maximum absolute atomic E-state index is 12.0. The molecule has 0 radical (unpaired) electrons. The van der Waals surface area contributed by atoms with E-state index in [1.54, 1.807) is 48.5 Å². The monoisotopic (exact) mass is 419 g/mol. The van der Waals surface area contributed by atoms with Crippen molar-refractivity contribution in [3.05, 3.63) is 68.8 Å². The molecule has 0 fully saturated rings. The number of esters is 2. The van der Waals surface area contributed by atoms with E-state index in [1.165, 1.54) is 6.92 Å². The minimum Gasteiger partial charge on any atom is -0.426 e. The number of ether oxygens (including phenoxy) is 2. The van der Waals surface area contributed by atoms with Crippen molar-refractivity contribution in [2.24, 2.45) is 4.99 Å². The highest BCUT2D eigenvalue weighted by Gasteiger charge is 2.24. The van der Waals surface area contributed by atoms with Gasteiger partial charge in [-0.05, 0) is 57.9 Å². The van der Waals surface area contributed by atoms with Gasteiger partial charge in [0.05, 0.1) is 4.47 Å². The predicted octanol–water partition coefficient (Wildman–Crippen LogP) is 4.37. The lowest BCUT2D eigenvalue weighted by Crippen LogP contribution is -2.05. The molecule has 0 amide bonds. The van der Waals surface area contributed by atoms with Crippen LogP contribution in [0.1, 0.15) is 18.1 Å². The van der Waals surface area contributed by atoms with E-state index in [0.29, 0.717) is 26.4 Å². The number of carbonyl (C=O) groups excluding carboxylic acids is 2. The van der Waals surface area contributed by atoms with Gasteiger partial charge in [0.2, 0.25) is 5.90 Å². The molecule has 1 aliphatic rings. The first kappa shape index (κ1) is 17.4. The Kier molecular flexibility index (Phi) is 5.01. The van der Waals surface area contributed by atoms with E-state index < -0.39 is 11.9 Å². The van der Waals surface area contributed by atoms with Gasteiger partial charge in [-0.2, -0.15) is 0 Å². The van der Waals surface area contributed by atoms with Gasteiger partial charge in [0, 0.05) is 17.5 Å². The van der Waals surface area contributed by atoms with E-state index in [-0.39, 0.29) is 11.6 Å². The van der Waals surface area contributed by atoms with Crippen molar-refractivity contribution in [3.63, 3.8) is 0 Å². The molecule has 0 unspecified atom stereocenters. The van der Waals surface area contributed by atoms with Crippen LogP contribution in [-0.2, 0) is 14.3 Å². The molecule has 0 spiro atoms. The lowest BCUT2D eigenvalue weighted by Gasteiger charge is -2.04. The van der Waals surface area contributed by atoms with E-state index in [2.05, 4.69) is 20.9 Å². The van der Waals surface area contributed by atoms with E-state index in [4.69, 9.17) is 21.1 Å². The first-order chi connectivity index (χ1) is 11.9. The summed E-state index contributed by atoms with van der Waals surface area (Å²) in [5.41, 5.74) is 1.49. The Morgan fingerprint density at radius 2 is 2.08 bits per heavy atom. The van der Waals surface area contributed by atoms with Crippen molar-refractivity contribution >= 4 is 51.4 Å². The smallest absolute Gasteiger partial charge is 0.363 e. The summed E-state index contributed by atoms with van der Waals surface area (Å²) < 4.78 is 10.8. The van der Waals surface area contributed by atoms with Gasteiger partial charge in [-0.15, -0.1) is 0 Å². The van der Waals surface area contributed by atoms with E-state index in [0.717, 1.165) is 0 Å². The molecule has 2 aromatic carbocycles. The number of benzene rings is 2. The largest absolute Gasteiger partial charge is 0.426 e. The van der Waals surface area contributed by atoms with Crippen LogP contribution < -0.4 is 4.74 Å². The number of hydrogen-bond donors (Lipinski definition) is 0. The fourth-order valence-corrected chi connectivity index (χ4v) is 2.82. The molecular formula is C18H11BrClNO4. The third-order valence-electron chi connectivity index (χ3n) is 3.21. The maximum atomic E-state index is 12.0. The number of aliphatic imine (C=N–C) groups is 1. The number of hydrogen-bond acceptors (Lipinski definition) is 5. The lowest BCUT2D eigenvalue weighted by molar-refractivity contribution is -0.132. The summed E-state index contributed by atoms with van der Waals surface area (Å²) >= 11 is 9.27. The third kappa shape index (κ3) is 4.15. The van der Waals surface area contributed by atoms with Gasteiger partial charge in [-0.3, -0.25) is 4.79 Å². The molecule has 0 atom stereocenters. The van der Waals surface area contributed by atoms with Crippen molar-refractivity contribution in [1.82, 2.24) is 0 Å². The summed E-state index contributed by atoms with van der Waals surface area (Å²) in [4.78, 5) is 27.3. The minimum atomic E-state index is -0.546. The molecule has 126 valence electrons. The Labute approximate surface area is 157 Å². The quantitative estimate of drug-likeness (QED) is 0.420. The molecule has 1 heterocycles. The molecule has 1 aliphatic heterocycles. The second kappa shape index (κ2) is 7.21. The van der Waals surface area contributed by atoms with E-state index >= 15 is 0 Å². The molecule has 0 aliphatic carbocycles. The first-order valence-electron chi connectivity index (χ1n) is 7.19. The fraction of sp³-hybridized carbons (Fsp3) is 0.0556. The number of halogens is 2. The van der Waals surface area contributed by atoms with Crippen LogP contribution in [0.2, 0.25) is 5.02 Å². The number of cyclic esters (lactones) is 1. The maximum Gasteiger partial charge on any atom is 0.363 e. The van der Waals surface area contributed by atoms with Crippen LogP contribution in [0.15, 0.2) is 57.6 Å². The molecule has 0 N–H and O–H groups in total. The molecule has 7 heteroatoms. The molecular weight excluding hydrogens is 410 g/mol. The summed E-state index contributed by atoms with van der Waals surface area (Å²) in [6, 6.07) is 11.9. The minimum absolute atomic E-state index is 0.169. The average Bonchev–Trinajstić information content (AvgIpc) is 2.91. The van der Waals surface area contributed by atoms with Crippen LogP contribution in [0.4, 0.5) is 0 Å². The molecule has 0 saturated heterocycles. The summed E-state index contributed by atoms with van der Waals surface area (Å²) in [5.74, 6) is -0.363. The van der Waals surface area contributed by atoms with Gasteiger partial charge in [-0.1, -0.05) is 23.7 Å². The van der Waals surface area contributed by atoms with Crippen LogP contribution in [-0.4, -0.2) is 17.8 Å². The Bertz CT molecular complexity index is 936. The zero-order valence-electron chi connectivity index (χ0n) is 13.0. The number of rotatable bonds is 3. The third-order valence-corrected chi connectivity index (χ3v) is 4.06. The second-order valence-corrected chi connectivity index (χ2v) is 6.42. The Morgan fingerprint density at radius 1 is 1.28 bits per heavy atom. The zero-order valence-corrected chi connectivity index (χ0v) is 15.3. The highest BCUT2D eigenvalue weighted by atomic mass is 79.9. The highest BCUT2D eigenvalue weighted by Crippen LogP contribution is 2.28. The average molecular weight is 421 g/mol. The summed E-state index contributed by atoms with van der Waals surface area (Å²) in [7, 11) is 0. The molecule has 2 aromatic rings. The standard InChI is InChI=1S/C18H11BrClNO4/c1-10(22)24-16-6-5-11(7-14(16)19)8-15-18(23)25-17(21-15)12-3-2-4-13(20)9-12/h2-9H,1H3. The summed E-state index contributed by atoms with van der Waals surface area (Å²) in [6.07, 6.45) is 1.59. The van der Waals surface area contributed by atoms with Crippen LogP contribution >= 0.6 is 27.5 Å². The van der Waals surface area contributed by atoms with Gasteiger partial charge in [-0.25, -0.2) is 9.79 Å². The molecule has 3 rings (SSSR count). The van der Waals surface area contributed by atoms with Crippen molar-refractivity contribution in [2.75, 3.05) is 0 Å². The lowest BCUT2D eigenvalue weighted by atomic mass is 10.2. The van der Waals surface area contributed by atoms with Crippen molar-refractivity contribution < 1.29 is 19.1 Å². The fourth-order valence-electron chi connectivity index (χ4n) is 2.16. The van der Waals surface area contributed by atoms with Gasteiger partial charge in [0.25, 0.3) is 0 Å². The van der Waals surface area contributed by atoms with E-state index in [9.17, 15) is 9.59 Å².